The van der Waals surface area contributed by atoms with Gasteiger partial charge in [-0.15, -0.1) is 0 Å². The molecule has 3 aromatic rings. The van der Waals surface area contributed by atoms with Gasteiger partial charge in [-0.2, -0.15) is 0 Å². The largest absolute Gasteiger partial charge is 0.448 e. The fourth-order valence-corrected chi connectivity index (χ4v) is 3.47. The molecule has 0 aliphatic carbocycles. The second kappa shape index (κ2) is 6.49. The van der Waals surface area contributed by atoms with Crippen LogP contribution in [0.25, 0.3) is 11.0 Å². The Balaban J connectivity index is 1.44. The SMILES string of the molecule is Cc1ocnc1CN1CCC(c2ccc3cc(Cl)cnc3n2)CC1. The van der Waals surface area contributed by atoms with E-state index in [2.05, 4.69) is 27.0 Å². The monoisotopic (exact) mass is 342 g/mol. The van der Waals surface area contributed by atoms with Crippen LogP contribution in [0, 0.1) is 6.92 Å². The topological polar surface area (TPSA) is 55.1 Å². The van der Waals surface area contributed by atoms with Gasteiger partial charge < -0.3 is 4.42 Å². The highest BCUT2D eigenvalue weighted by atomic mass is 35.5. The fourth-order valence-electron chi connectivity index (χ4n) is 3.30. The molecule has 1 aliphatic heterocycles. The van der Waals surface area contributed by atoms with Crippen molar-refractivity contribution in [3.8, 4) is 0 Å². The van der Waals surface area contributed by atoms with Crippen LogP contribution >= 0.6 is 11.6 Å². The summed E-state index contributed by atoms with van der Waals surface area (Å²) < 4.78 is 5.28. The second-order valence-corrected chi connectivity index (χ2v) is 6.78. The summed E-state index contributed by atoms with van der Waals surface area (Å²) in [7, 11) is 0. The summed E-state index contributed by atoms with van der Waals surface area (Å²) in [6.45, 7) is 4.92. The zero-order valence-electron chi connectivity index (χ0n) is 13.6. The van der Waals surface area contributed by atoms with Crippen LogP contribution in [0.4, 0.5) is 0 Å². The lowest BCUT2D eigenvalue weighted by atomic mass is 9.92. The van der Waals surface area contributed by atoms with Gasteiger partial charge in [0.15, 0.2) is 12.0 Å². The van der Waals surface area contributed by atoms with E-state index in [0.717, 1.165) is 60.7 Å². The number of pyridine rings is 2. The number of nitrogens with zero attached hydrogens (tertiary/aromatic N) is 4. The maximum atomic E-state index is 5.98. The molecule has 0 amide bonds. The lowest BCUT2D eigenvalue weighted by molar-refractivity contribution is 0.200. The summed E-state index contributed by atoms with van der Waals surface area (Å²) in [6.07, 6.45) is 5.38. The van der Waals surface area contributed by atoms with Gasteiger partial charge in [0, 0.05) is 29.7 Å². The minimum Gasteiger partial charge on any atom is -0.448 e. The zero-order valence-corrected chi connectivity index (χ0v) is 14.3. The first kappa shape index (κ1) is 15.5. The smallest absolute Gasteiger partial charge is 0.181 e. The summed E-state index contributed by atoms with van der Waals surface area (Å²) in [4.78, 5) is 15.8. The van der Waals surface area contributed by atoms with Crippen LogP contribution in [0.2, 0.25) is 5.02 Å². The maximum absolute atomic E-state index is 5.98. The summed E-state index contributed by atoms with van der Waals surface area (Å²) in [5, 5.41) is 1.64. The highest BCUT2D eigenvalue weighted by Gasteiger charge is 2.23. The average Bonchev–Trinajstić information content (AvgIpc) is 3.00. The first-order chi connectivity index (χ1) is 11.7. The van der Waals surface area contributed by atoms with Gasteiger partial charge in [-0.3, -0.25) is 4.90 Å². The third-order valence-corrected chi connectivity index (χ3v) is 4.96. The van der Waals surface area contributed by atoms with Gasteiger partial charge in [0.25, 0.3) is 0 Å². The number of likely N-dealkylation sites (tertiary alicyclic amines) is 1. The number of hydrogen-bond acceptors (Lipinski definition) is 5. The molecule has 0 atom stereocenters. The molecular formula is C18H19ClN4O. The van der Waals surface area contributed by atoms with Crippen LogP contribution in [0.5, 0.6) is 0 Å². The van der Waals surface area contributed by atoms with E-state index in [0.29, 0.717) is 10.9 Å². The van der Waals surface area contributed by atoms with Gasteiger partial charge in [-0.1, -0.05) is 11.6 Å². The van der Waals surface area contributed by atoms with Crippen LogP contribution in [-0.4, -0.2) is 32.9 Å². The normalized spacial score (nSPS) is 16.8. The van der Waals surface area contributed by atoms with Crippen molar-refractivity contribution in [3.05, 3.63) is 53.0 Å². The zero-order chi connectivity index (χ0) is 16.5. The lowest BCUT2D eigenvalue weighted by Gasteiger charge is -2.31. The summed E-state index contributed by atoms with van der Waals surface area (Å²) in [5.74, 6) is 1.40. The molecule has 4 heterocycles. The van der Waals surface area contributed by atoms with Gasteiger partial charge in [0.2, 0.25) is 0 Å². The molecule has 124 valence electrons. The van der Waals surface area contributed by atoms with Crippen molar-refractivity contribution in [2.45, 2.75) is 32.2 Å². The average molecular weight is 343 g/mol. The van der Waals surface area contributed by atoms with Gasteiger partial charge in [-0.25, -0.2) is 15.0 Å². The number of piperidine rings is 1. The van der Waals surface area contributed by atoms with Crippen LogP contribution in [0.15, 0.2) is 35.2 Å². The molecule has 0 unspecified atom stereocenters. The summed E-state index contributed by atoms with van der Waals surface area (Å²) in [5.41, 5.74) is 2.95. The first-order valence-corrected chi connectivity index (χ1v) is 8.60. The van der Waals surface area contributed by atoms with Crippen molar-refractivity contribution < 1.29 is 4.42 Å². The van der Waals surface area contributed by atoms with Crippen molar-refractivity contribution >= 4 is 22.6 Å². The van der Waals surface area contributed by atoms with Gasteiger partial charge >= 0.3 is 0 Å². The minimum absolute atomic E-state index is 0.488. The summed E-state index contributed by atoms with van der Waals surface area (Å²) in [6, 6.07) is 6.09. The molecule has 0 aromatic carbocycles. The van der Waals surface area contributed by atoms with E-state index >= 15 is 0 Å². The molecule has 6 heteroatoms. The van der Waals surface area contributed by atoms with E-state index in [4.69, 9.17) is 21.0 Å². The maximum Gasteiger partial charge on any atom is 0.181 e. The predicted octanol–water partition coefficient (Wildman–Crippen LogP) is 3.96. The second-order valence-electron chi connectivity index (χ2n) is 6.34. The quantitative estimate of drug-likeness (QED) is 0.721. The Labute approximate surface area is 145 Å². The highest BCUT2D eigenvalue weighted by molar-refractivity contribution is 6.31. The Morgan fingerprint density at radius 3 is 2.83 bits per heavy atom. The van der Waals surface area contributed by atoms with Crippen LogP contribution < -0.4 is 0 Å². The van der Waals surface area contributed by atoms with Crippen molar-refractivity contribution in [3.63, 3.8) is 0 Å². The molecule has 5 nitrogen and oxygen atoms in total. The molecule has 0 spiro atoms. The van der Waals surface area contributed by atoms with Crippen molar-refractivity contribution in [2.75, 3.05) is 13.1 Å². The molecule has 1 aliphatic rings. The van der Waals surface area contributed by atoms with E-state index in [1.807, 2.05) is 13.0 Å². The number of halogens is 1. The fraction of sp³-hybridized carbons (Fsp3) is 0.389. The molecule has 0 N–H and O–H groups in total. The number of aryl methyl sites for hydroxylation is 1. The molecule has 24 heavy (non-hydrogen) atoms. The number of oxazole rings is 1. The minimum atomic E-state index is 0.488. The van der Waals surface area contributed by atoms with Crippen molar-refractivity contribution in [2.24, 2.45) is 0 Å². The highest BCUT2D eigenvalue weighted by Crippen LogP contribution is 2.29. The van der Waals surface area contributed by atoms with Crippen LogP contribution in [-0.2, 0) is 6.54 Å². The molecule has 4 rings (SSSR count). The van der Waals surface area contributed by atoms with Gasteiger partial charge in [-0.05, 0) is 51.1 Å². The molecular weight excluding hydrogens is 324 g/mol. The standard InChI is InChI=1S/C18H19ClN4O/c1-12-17(21-11-24-12)10-23-6-4-13(5-7-23)16-3-2-14-8-15(19)9-20-18(14)22-16/h2-3,8-9,11,13H,4-7,10H2,1H3. The number of aromatic nitrogens is 3. The van der Waals surface area contributed by atoms with Gasteiger partial charge in [0.05, 0.1) is 10.7 Å². The molecule has 1 fully saturated rings. The first-order valence-electron chi connectivity index (χ1n) is 8.22. The Morgan fingerprint density at radius 1 is 1.25 bits per heavy atom. The Hall–Kier alpha value is -1.98. The Bertz CT molecular complexity index is 855. The molecule has 3 aromatic heterocycles. The Kier molecular flexibility index (Phi) is 4.21. The van der Waals surface area contributed by atoms with E-state index in [1.54, 1.807) is 6.20 Å². The molecule has 0 radical (unpaired) electrons. The lowest BCUT2D eigenvalue weighted by Crippen LogP contribution is -2.33. The van der Waals surface area contributed by atoms with Crippen molar-refractivity contribution in [1.29, 1.82) is 0 Å². The van der Waals surface area contributed by atoms with Crippen molar-refractivity contribution in [1.82, 2.24) is 19.9 Å². The Morgan fingerprint density at radius 2 is 2.08 bits per heavy atom. The number of rotatable bonds is 3. The molecule has 0 saturated carbocycles. The van der Waals surface area contributed by atoms with Gasteiger partial charge in [0.1, 0.15) is 5.76 Å². The predicted molar refractivity (Wildman–Crippen MR) is 93.0 cm³/mol. The van der Waals surface area contributed by atoms with E-state index in [1.165, 1.54) is 6.39 Å². The third kappa shape index (κ3) is 3.14. The number of fused-ring (bicyclic) bond motifs is 1. The van der Waals surface area contributed by atoms with Crippen LogP contribution in [0.1, 0.15) is 35.9 Å². The summed E-state index contributed by atoms with van der Waals surface area (Å²) >= 11 is 5.98. The van der Waals surface area contributed by atoms with E-state index in [-0.39, 0.29) is 0 Å². The van der Waals surface area contributed by atoms with E-state index in [9.17, 15) is 0 Å². The molecule has 1 saturated heterocycles. The third-order valence-electron chi connectivity index (χ3n) is 4.75. The molecule has 0 bridgehead atoms. The van der Waals surface area contributed by atoms with E-state index < -0.39 is 0 Å². The number of hydrogen-bond donors (Lipinski definition) is 0. The van der Waals surface area contributed by atoms with Crippen LogP contribution in [0.3, 0.4) is 0 Å².